The number of nitrogens with two attached hydrogens (primary N) is 1. The quantitative estimate of drug-likeness (QED) is 0.817. The first kappa shape index (κ1) is 17.4. The molecule has 0 aromatic carbocycles. The molecular formula is C15H25N5O3. The second-order valence-corrected chi connectivity index (χ2v) is 6.39. The second kappa shape index (κ2) is 7.54. The van der Waals surface area contributed by atoms with Gasteiger partial charge in [0.1, 0.15) is 0 Å². The van der Waals surface area contributed by atoms with Gasteiger partial charge in [-0.15, -0.1) is 10.2 Å². The second-order valence-electron chi connectivity index (χ2n) is 6.39. The van der Waals surface area contributed by atoms with Crippen molar-refractivity contribution in [3.8, 4) is 0 Å². The molecule has 1 saturated heterocycles. The number of nitrogens with zero attached hydrogens (tertiary/aromatic N) is 4. The van der Waals surface area contributed by atoms with Crippen LogP contribution in [0.25, 0.3) is 0 Å². The molecule has 1 aliphatic heterocycles. The molecule has 128 valence electrons. The first-order valence-electron chi connectivity index (χ1n) is 7.94. The third-order valence-corrected chi connectivity index (χ3v) is 4.01. The summed E-state index contributed by atoms with van der Waals surface area (Å²) in [5.41, 5.74) is 5.42. The van der Waals surface area contributed by atoms with Gasteiger partial charge in [-0.25, -0.2) is 0 Å². The van der Waals surface area contributed by atoms with Crippen molar-refractivity contribution < 1.29 is 14.0 Å². The van der Waals surface area contributed by atoms with Gasteiger partial charge >= 0.3 is 0 Å². The highest BCUT2D eigenvalue weighted by atomic mass is 16.4. The largest absolute Gasteiger partial charge is 0.425 e. The molecule has 23 heavy (non-hydrogen) atoms. The molecule has 0 spiro atoms. The fourth-order valence-corrected chi connectivity index (χ4v) is 2.55. The molecule has 1 aromatic rings. The number of hydrogen-bond acceptors (Lipinski definition) is 6. The highest BCUT2D eigenvalue weighted by molar-refractivity contribution is 5.80. The molecule has 0 bridgehead atoms. The van der Waals surface area contributed by atoms with E-state index in [1.165, 1.54) is 0 Å². The van der Waals surface area contributed by atoms with E-state index in [0.29, 0.717) is 37.8 Å². The smallest absolute Gasteiger partial charge is 0.223 e. The zero-order valence-corrected chi connectivity index (χ0v) is 14.0. The SMILES string of the molecule is CC(C)c1nnc(CCC(=O)N2CCN(C)C[C@H](C(N)=O)C2)o1. The number of likely N-dealkylation sites (N-methyl/N-ethyl adjacent to an activating group) is 1. The van der Waals surface area contributed by atoms with E-state index in [1.54, 1.807) is 4.90 Å². The minimum absolute atomic E-state index is 0.0177. The molecule has 1 aromatic heterocycles. The van der Waals surface area contributed by atoms with Gasteiger partial charge in [-0.3, -0.25) is 9.59 Å². The Balaban J connectivity index is 1.91. The molecule has 0 saturated carbocycles. The third-order valence-electron chi connectivity index (χ3n) is 4.01. The number of aryl methyl sites for hydroxylation is 1. The molecule has 0 aliphatic carbocycles. The van der Waals surface area contributed by atoms with Crippen LogP contribution in [0, 0.1) is 5.92 Å². The lowest BCUT2D eigenvalue weighted by molar-refractivity contribution is -0.132. The van der Waals surface area contributed by atoms with E-state index < -0.39 is 0 Å². The van der Waals surface area contributed by atoms with E-state index in [9.17, 15) is 9.59 Å². The van der Waals surface area contributed by atoms with Crippen molar-refractivity contribution in [3.63, 3.8) is 0 Å². The van der Waals surface area contributed by atoms with Gasteiger partial charge in [0.25, 0.3) is 0 Å². The van der Waals surface area contributed by atoms with Crippen molar-refractivity contribution in [3.05, 3.63) is 11.8 Å². The molecule has 0 radical (unpaired) electrons. The van der Waals surface area contributed by atoms with Crippen molar-refractivity contribution in [2.24, 2.45) is 11.7 Å². The summed E-state index contributed by atoms with van der Waals surface area (Å²) in [6, 6.07) is 0. The molecule has 0 unspecified atom stereocenters. The average Bonchev–Trinajstić information content (AvgIpc) is 2.87. The third kappa shape index (κ3) is 4.75. The summed E-state index contributed by atoms with van der Waals surface area (Å²) in [5.74, 6) is 0.510. The molecule has 2 N–H and O–H groups in total. The predicted octanol–water partition coefficient (Wildman–Crippen LogP) is 0.00110. The normalized spacial score (nSPS) is 19.8. The standard InChI is InChI=1S/C15H25N5O3/c1-10(2)15-18-17-12(23-15)4-5-13(21)20-7-6-19(3)8-11(9-20)14(16)22/h10-11H,4-9H2,1-3H3,(H2,16,22)/t11-/m0/s1. The monoisotopic (exact) mass is 323 g/mol. The van der Waals surface area contributed by atoms with Gasteiger partial charge in [-0.05, 0) is 7.05 Å². The fraction of sp³-hybridized carbons (Fsp3) is 0.733. The highest BCUT2D eigenvalue weighted by Crippen LogP contribution is 2.14. The van der Waals surface area contributed by atoms with E-state index >= 15 is 0 Å². The van der Waals surface area contributed by atoms with Crippen LogP contribution in [-0.4, -0.2) is 65.0 Å². The van der Waals surface area contributed by atoms with Gasteiger partial charge in [-0.1, -0.05) is 13.8 Å². The first-order chi connectivity index (χ1) is 10.9. The lowest BCUT2D eigenvalue weighted by Crippen LogP contribution is -2.40. The summed E-state index contributed by atoms with van der Waals surface area (Å²) in [6.45, 7) is 6.23. The Hall–Kier alpha value is -1.96. The number of amides is 2. The fourth-order valence-electron chi connectivity index (χ4n) is 2.55. The maximum absolute atomic E-state index is 12.4. The minimum Gasteiger partial charge on any atom is -0.425 e. The van der Waals surface area contributed by atoms with Crippen LogP contribution in [-0.2, 0) is 16.0 Å². The summed E-state index contributed by atoms with van der Waals surface area (Å²) >= 11 is 0. The number of carbonyl (C=O) groups is 2. The van der Waals surface area contributed by atoms with Gasteiger partial charge in [-0.2, -0.15) is 0 Å². The summed E-state index contributed by atoms with van der Waals surface area (Å²) in [5, 5.41) is 7.92. The zero-order chi connectivity index (χ0) is 17.0. The summed E-state index contributed by atoms with van der Waals surface area (Å²) in [4.78, 5) is 27.6. The molecule has 1 aliphatic rings. The Morgan fingerprint density at radius 2 is 2.04 bits per heavy atom. The Morgan fingerprint density at radius 1 is 1.30 bits per heavy atom. The maximum atomic E-state index is 12.4. The van der Waals surface area contributed by atoms with E-state index in [4.69, 9.17) is 10.2 Å². The van der Waals surface area contributed by atoms with Crippen LogP contribution < -0.4 is 5.73 Å². The van der Waals surface area contributed by atoms with Crippen LogP contribution in [0.4, 0.5) is 0 Å². The van der Waals surface area contributed by atoms with E-state index in [-0.39, 0.29) is 30.1 Å². The number of rotatable bonds is 5. The van der Waals surface area contributed by atoms with E-state index in [1.807, 2.05) is 25.8 Å². The van der Waals surface area contributed by atoms with Crippen LogP contribution in [0.2, 0.25) is 0 Å². The Morgan fingerprint density at radius 3 is 2.65 bits per heavy atom. The van der Waals surface area contributed by atoms with Gasteiger partial charge in [0.15, 0.2) is 0 Å². The van der Waals surface area contributed by atoms with Gasteiger partial charge < -0.3 is 20.0 Å². The predicted molar refractivity (Wildman–Crippen MR) is 83.5 cm³/mol. The molecule has 1 atom stereocenters. The first-order valence-corrected chi connectivity index (χ1v) is 7.94. The molecule has 8 heteroatoms. The minimum atomic E-state index is -0.366. The molecular weight excluding hydrogens is 298 g/mol. The van der Waals surface area contributed by atoms with Gasteiger partial charge in [0, 0.05) is 44.9 Å². The van der Waals surface area contributed by atoms with Gasteiger partial charge in [0.2, 0.25) is 23.6 Å². The van der Waals surface area contributed by atoms with Crippen molar-refractivity contribution in [2.45, 2.75) is 32.6 Å². The summed E-state index contributed by atoms with van der Waals surface area (Å²) in [7, 11) is 1.93. The summed E-state index contributed by atoms with van der Waals surface area (Å²) < 4.78 is 5.51. The van der Waals surface area contributed by atoms with Crippen molar-refractivity contribution in [1.82, 2.24) is 20.0 Å². The van der Waals surface area contributed by atoms with Crippen molar-refractivity contribution in [1.29, 1.82) is 0 Å². The molecule has 2 amide bonds. The topological polar surface area (TPSA) is 106 Å². The average molecular weight is 323 g/mol. The number of carbonyl (C=O) groups excluding carboxylic acids is 2. The Labute approximate surface area is 136 Å². The Bertz CT molecular complexity index is 557. The van der Waals surface area contributed by atoms with Crippen LogP contribution in [0.5, 0.6) is 0 Å². The summed E-state index contributed by atoms with van der Waals surface area (Å²) in [6.07, 6.45) is 0.695. The van der Waals surface area contributed by atoms with E-state index in [0.717, 1.165) is 6.54 Å². The van der Waals surface area contributed by atoms with Crippen molar-refractivity contribution in [2.75, 3.05) is 33.2 Å². The van der Waals surface area contributed by atoms with Crippen LogP contribution >= 0.6 is 0 Å². The Kier molecular flexibility index (Phi) is 5.70. The zero-order valence-electron chi connectivity index (χ0n) is 14.0. The lowest BCUT2D eigenvalue weighted by Gasteiger charge is -2.22. The van der Waals surface area contributed by atoms with Crippen molar-refractivity contribution >= 4 is 11.8 Å². The van der Waals surface area contributed by atoms with E-state index in [2.05, 4.69) is 10.2 Å². The molecule has 2 rings (SSSR count). The van der Waals surface area contributed by atoms with Crippen LogP contribution in [0.3, 0.4) is 0 Å². The highest BCUT2D eigenvalue weighted by Gasteiger charge is 2.27. The number of aromatic nitrogens is 2. The maximum Gasteiger partial charge on any atom is 0.223 e. The number of primary amides is 1. The van der Waals surface area contributed by atoms with Gasteiger partial charge in [0.05, 0.1) is 5.92 Å². The van der Waals surface area contributed by atoms with Crippen LogP contribution in [0.15, 0.2) is 4.42 Å². The molecule has 8 nitrogen and oxygen atoms in total. The van der Waals surface area contributed by atoms with Crippen LogP contribution in [0.1, 0.15) is 38.0 Å². The number of hydrogen-bond donors (Lipinski definition) is 1. The molecule has 2 heterocycles. The lowest BCUT2D eigenvalue weighted by atomic mass is 10.1. The molecule has 1 fully saturated rings.